The van der Waals surface area contributed by atoms with E-state index in [0.29, 0.717) is 16.4 Å². The molecular formula is C23H15N3O5S2. The molecular weight excluding hydrogens is 462 g/mol. The average molecular weight is 478 g/mol. The van der Waals surface area contributed by atoms with Crippen LogP contribution < -0.4 is 4.74 Å². The number of ether oxygens (including phenoxy) is 1. The number of hydrogen-bond donors (Lipinski definition) is 1. The third kappa shape index (κ3) is 5.25. The number of para-hydroxylation sites is 1. The number of thioether (sulfide) groups is 1. The fourth-order valence-electron chi connectivity index (χ4n) is 2.88. The number of amides is 1. The molecule has 10 heteroatoms. The van der Waals surface area contributed by atoms with Gasteiger partial charge in [-0.15, -0.1) is 0 Å². The lowest BCUT2D eigenvalue weighted by molar-refractivity contribution is -0.384. The van der Waals surface area contributed by atoms with Gasteiger partial charge in [-0.25, -0.2) is 0 Å². The number of nitro groups is 1. The fourth-order valence-corrected chi connectivity index (χ4v) is 4.05. The second kappa shape index (κ2) is 9.63. The van der Waals surface area contributed by atoms with Crippen molar-refractivity contribution >= 4 is 52.2 Å². The summed E-state index contributed by atoms with van der Waals surface area (Å²) in [6, 6.07) is 20.1. The predicted octanol–water partition coefficient (Wildman–Crippen LogP) is 5.33. The number of rotatable bonds is 6. The molecule has 1 aliphatic heterocycles. The molecule has 1 aliphatic rings. The van der Waals surface area contributed by atoms with Crippen LogP contribution in [0.25, 0.3) is 6.08 Å². The van der Waals surface area contributed by atoms with Gasteiger partial charge in [0, 0.05) is 17.7 Å². The SMILES string of the molecule is O=C1/C(=C/c2cccc(Oc3ccccc3)c2)SC(=S)N1/N=C/c1cc([N+](=O)[O-])ccc1O. The number of carbonyl (C=O) groups excluding carboxylic acids is 1. The van der Waals surface area contributed by atoms with Crippen molar-refractivity contribution in [1.29, 1.82) is 0 Å². The Balaban J connectivity index is 1.53. The highest BCUT2D eigenvalue weighted by atomic mass is 32.2. The standard InChI is InChI=1S/C23H15N3O5S2/c27-20-10-9-17(26(29)30)13-16(20)14-24-25-22(28)21(33-23(25)32)12-15-5-4-8-19(11-15)31-18-6-2-1-3-7-18/h1-14,27H/b21-12-,24-14+. The van der Waals surface area contributed by atoms with Crippen molar-refractivity contribution in [3.8, 4) is 17.2 Å². The molecule has 0 aromatic heterocycles. The van der Waals surface area contributed by atoms with Gasteiger partial charge in [0.15, 0.2) is 4.32 Å². The van der Waals surface area contributed by atoms with Crippen molar-refractivity contribution in [2.24, 2.45) is 5.10 Å². The van der Waals surface area contributed by atoms with Gasteiger partial charge in [-0.3, -0.25) is 14.9 Å². The van der Waals surface area contributed by atoms with Crippen molar-refractivity contribution in [1.82, 2.24) is 5.01 Å². The first-order valence-corrected chi connectivity index (χ1v) is 10.8. The quantitative estimate of drug-likeness (QED) is 0.168. The molecule has 3 aromatic carbocycles. The Morgan fingerprint density at radius 1 is 1.06 bits per heavy atom. The Hall–Kier alpha value is -4.02. The largest absolute Gasteiger partial charge is 0.507 e. The third-order valence-electron chi connectivity index (χ3n) is 4.44. The number of hydrazone groups is 1. The van der Waals surface area contributed by atoms with Crippen LogP contribution in [0.1, 0.15) is 11.1 Å². The molecule has 1 amide bonds. The molecule has 8 nitrogen and oxygen atoms in total. The lowest BCUT2D eigenvalue weighted by atomic mass is 10.2. The van der Waals surface area contributed by atoms with E-state index in [0.717, 1.165) is 34.6 Å². The molecule has 164 valence electrons. The Kier molecular flexibility index (Phi) is 6.48. The molecule has 4 rings (SSSR count). The van der Waals surface area contributed by atoms with Gasteiger partial charge in [0.25, 0.3) is 11.6 Å². The topological polar surface area (TPSA) is 105 Å². The van der Waals surface area contributed by atoms with Crippen LogP contribution in [0.15, 0.2) is 82.8 Å². The molecule has 0 bridgehead atoms. The maximum absolute atomic E-state index is 12.8. The Labute approximate surface area is 198 Å². The first kappa shape index (κ1) is 22.2. The van der Waals surface area contributed by atoms with E-state index in [-0.39, 0.29) is 21.3 Å². The van der Waals surface area contributed by atoms with E-state index in [4.69, 9.17) is 17.0 Å². The number of benzene rings is 3. The van der Waals surface area contributed by atoms with E-state index in [1.165, 1.54) is 12.1 Å². The molecule has 1 N–H and O–H groups in total. The fraction of sp³-hybridized carbons (Fsp3) is 0. The highest BCUT2D eigenvalue weighted by Gasteiger charge is 2.32. The number of non-ortho nitro benzene ring substituents is 1. The van der Waals surface area contributed by atoms with Crippen LogP contribution in [0.5, 0.6) is 17.2 Å². The van der Waals surface area contributed by atoms with Gasteiger partial charge in [0.05, 0.1) is 16.0 Å². The summed E-state index contributed by atoms with van der Waals surface area (Å²) in [6.07, 6.45) is 2.84. The summed E-state index contributed by atoms with van der Waals surface area (Å²) in [5.41, 5.74) is 0.620. The van der Waals surface area contributed by atoms with E-state index in [1.54, 1.807) is 12.1 Å². The van der Waals surface area contributed by atoms with Gasteiger partial charge in [-0.05, 0) is 54.2 Å². The molecule has 0 unspecified atom stereocenters. The minimum atomic E-state index is -0.589. The number of nitrogens with zero attached hydrogens (tertiary/aromatic N) is 3. The average Bonchev–Trinajstić information content (AvgIpc) is 3.06. The van der Waals surface area contributed by atoms with Crippen LogP contribution in [0.3, 0.4) is 0 Å². The van der Waals surface area contributed by atoms with E-state index in [2.05, 4.69) is 5.10 Å². The van der Waals surface area contributed by atoms with Crippen LogP contribution in [-0.4, -0.2) is 31.5 Å². The Morgan fingerprint density at radius 3 is 2.58 bits per heavy atom. The maximum Gasteiger partial charge on any atom is 0.286 e. The van der Waals surface area contributed by atoms with E-state index < -0.39 is 10.8 Å². The molecule has 0 spiro atoms. The smallest absolute Gasteiger partial charge is 0.286 e. The Bertz CT molecular complexity index is 1310. The summed E-state index contributed by atoms with van der Waals surface area (Å²) in [7, 11) is 0. The zero-order valence-electron chi connectivity index (χ0n) is 16.8. The van der Waals surface area contributed by atoms with Crippen molar-refractivity contribution in [3.63, 3.8) is 0 Å². The first-order valence-electron chi connectivity index (χ1n) is 9.53. The van der Waals surface area contributed by atoms with Crippen LogP contribution in [0.4, 0.5) is 5.69 Å². The van der Waals surface area contributed by atoms with Crippen LogP contribution in [0, 0.1) is 10.1 Å². The summed E-state index contributed by atoms with van der Waals surface area (Å²) < 4.78 is 6.02. The highest BCUT2D eigenvalue weighted by molar-refractivity contribution is 8.26. The molecule has 3 aromatic rings. The number of hydrogen-bond acceptors (Lipinski definition) is 8. The molecule has 0 aliphatic carbocycles. The third-order valence-corrected chi connectivity index (χ3v) is 5.73. The van der Waals surface area contributed by atoms with Gasteiger partial charge in [0.1, 0.15) is 17.2 Å². The summed E-state index contributed by atoms with van der Waals surface area (Å²) in [5.74, 6) is 0.658. The van der Waals surface area contributed by atoms with Crippen molar-refractivity contribution in [3.05, 3.63) is 98.9 Å². The number of phenolic OH excluding ortho intramolecular Hbond substituents is 1. The van der Waals surface area contributed by atoms with E-state index in [1.807, 2.05) is 48.5 Å². The minimum absolute atomic E-state index is 0.0907. The zero-order valence-corrected chi connectivity index (χ0v) is 18.5. The van der Waals surface area contributed by atoms with Crippen molar-refractivity contribution in [2.75, 3.05) is 0 Å². The summed E-state index contributed by atoms with van der Waals surface area (Å²) in [4.78, 5) is 23.5. The van der Waals surface area contributed by atoms with Crippen LogP contribution >= 0.6 is 24.0 Å². The molecule has 33 heavy (non-hydrogen) atoms. The van der Waals surface area contributed by atoms with Crippen LogP contribution in [-0.2, 0) is 4.79 Å². The van der Waals surface area contributed by atoms with Crippen LogP contribution in [0.2, 0.25) is 0 Å². The van der Waals surface area contributed by atoms with E-state index in [9.17, 15) is 20.0 Å². The number of phenols is 1. The second-order valence-electron chi connectivity index (χ2n) is 6.73. The lowest BCUT2D eigenvalue weighted by Crippen LogP contribution is -2.22. The Morgan fingerprint density at radius 2 is 1.82 bits per heavy atom. The molecule has 0 saturated carbocycles. The van der Waals surface area contributed by atoms with Gasteiger partial charge < -0.3 is 9.84 Å². The number of carbonyl (C=O) groups is 1. The predicted molar refractivity (Wildman–Crippen MR) is 130 cm³/mol. The number of thiocarbonyl (C=S) groups is 1. The maximum atomic E-state index is 12.8. The highest BCUT2D eigenvalue weighted by Crippen LogP contribution is 2.34. The molecule has 0 atom stereocenters. The minimum Gasteiger partial charge on any atom is -0.507 e. The van der Waals surface area contributed by atoms with Crippen molar-refractivity contribution < 1.29 is 19.6 Å². The van der Waals surface area contributed by atoms with Gasteiger partial charge in [0.2, 0.25) is 0 Å². The molecule has 1 saturated heterocycles. The second-order valence-corrected chi connectivity index (χ2v) is 8.40. The first-order chi connectivity index (χ1) is 15.9. The lowest BCUT2D eigenvalue weighted by Gasteiger charge is -2.07. The zero-order chi connectivity index (χ0) is 23.4. The summed E-state index contributed by atoms with van der Waals surface area (Å²) in [5, 5.41) is 25.9. The molecule has 0 radical (unpaired) electrons. The monoisotopic (exact) mass is 477 g/mol. The number of nitro benzene ring substituents is 1. The van der Waals surface area contributed by atoms with Crippen molar-refractivity contribution in [2.45, 2.75) is 0 Å². The normalized spacial score (nSPS) is 14.9. The van der Waals surface area contributed by atoms with E-state index >= 15 is 0 Å². The van der Waals surface area contributed by atoms with Gasteiger partial charge in [-0.1, -0.05) is 42.1 Å². The summed E-state index contributed by atoms with van der Waals surface area (Å²) >= 11 is 6.33. The molecule has 1 heterocycles. The number of aromatic hydroxyl groups is 1. The van der Waals surface area contributed by atoms with Gasteiger partial charge >= 0.3 is 0 Å². The van der Waals surface area contributed by atoms with Gasteiger partial charge in [-0.2, -0.15) is 10.1 Å². The summed E-state index contributed by atoms with van der Waals surface area (Å²) in [6.45, 7) is 0. The molecule has 1 fully saturated rings.